The molecule has 3 aromatic heterocycles. The second-order valence-electron chi connectivity index (χ2n) is 6.75. The molecule has 4 rings (SSSR count). The summed E-state index contributed by atoms with van der Waals surface area (Å²) in [7, 11) is 1.32. The average molecular weight is 436 g/mol. The van der Waals surface area contributed by atoms with E-state index in [1.807, 2.05) is 53.2 Å². The zero-order chi connectivity index (χ0) is 22.0. The molecule has 3 heterocycles. The predicted octanol–water partition coefficient (Wildman–Crippen LogP) is 5.28. The molecule has 0 radical (unpaired) electrons. The molecule has 0 bridgehead atoms. The maximum atomic E-state index is 11.9. The summed E-state index contributed by atoms with van der Waals surface area (Å²) in [6.07, 6.45) is 4.53. The summed E-state index contributed by atoms with van der Waals surface area (Å²) in [5.41, 5.74) is 3.88. The van der Waals surface area contributed by atoms with Crippen molar-refractivity contribution in [1.82, 2.24) is 9.38 Å². The smallest absolute Gasteiger partial charge is 0.411 e. The van der Waals surface area contributed by atoms with Crippen LogP contribution in [0.1, 0.15) is 17.5 Å². The zero-order valence-corrected chi connectivity index (χ0v) is 18.2. The largest absolute Gasteiger partial charge is 0.463 e. The standard InChI is InChI=1S/C23H21N3O4S/c1-4-30-20(27)8-7-19-21(17-10-12-31-14(17)2)25-22-18-13-16(24-23(28)29-3)6-5-15(18)9-11-26(19)22/h5-13H,4H2,1-3H3,(H,24,28). The average Bonchev–Trinajstić information content (AvgIpc) is 3.35. The van der Waals surface area contributed by atoms with E-state index in [0.29, 0.717) is 12.3 Å². The van der Waals surface area contributed by atoms with Crippen LogP contribution >= 0.6 is 11.3 Å². The number of esters is 1. The van der Waals surface area contributed by atoms with E-state index in [4.69, 9.17) is 14.5 Å². The first kappa shape index (κ1) is 20.6. The van der Waals surface area contributed by atoms with Crippen molar-refractivity contribution in [2.45, 2.75) is 13.8 Å². The van der Waals surface area contributed by atoms with Gasteiger partial charge < -0.3 is 9.47 Å². The van der Waals surface area contributed by atoms with Crippen LogP contribution in [-0.2, 0) is 14.3 Å². The third-order valence-electron chi connectivity index (χ3n) is 4.86. The van der Waals surface area contributed by atoms with Crippen molar-refractivity contribution in [1.29, 1.82) is 0 Å². The monoisotopic (exact) mass is 435 g/mol. The van der Waals surface area contributed by atoms with Crippen molar-refractivity contribution in [3.05, 3.63) is 58.6 Å². The van der Waals surface area contributed by atoms with Gasteiger partial charge in [0, 0.05) is 33.8 Å². The van der Waals surface area contributed by atoms with E-state index in [0.717, 1.165) is 38.2 Å². The van der Waals surface area contributed by atoms with Gasteiger partial charge in [0.15, 0.2) is 0 Å². The number of aryl methyl sites for hydroxylation is 1. The van der Waals surface area contributed by atoms with Crippen molar-refractivity contribution in [2.75, 3.05) is 19.0 Å². The number of anilines is 1. The molecular weight excluding hydrogens is 414 g/mol. The minimum Gasteiger partial charge on any atom is -0.463 e. The molecule has 0 fully saturated rings. The topological polar surface area (TPSA) is 81.9 Å². The molecular formula is C23H21N3O4S. The van der Waals surface area contributed by atoms with Crippen molar-refractivity contribution in [3.8, 4) is 11.3 Å². The lowest BCUT2D eigenvalue weighted by Gasteiger charge is -2.07. The van der Waals surface area contributed by atoms with E-state index in [1.165, 1.54) is 13.2 Å². The van der Waals surface area contributed by atoms with Gasteiger partial charge in [-0.15, -0.1) is 11.3 Å². The van der Waals surface area contributed by atoms with E-state index < -0.39 is 12.1 Å². The van der Waals surface area contributed by atoms with Gasteiger partial charge in [-0.1, -0.05) is 6.07 Å². The van der Waals surface area contributed by atoms with Crippen LogP contribution in [0.15, 0.2) is 48.0 Å². The summed E-state index contributed by atoms with van der Waals surface area (Å²) >= 11 is 1.64. The van der Waals surface area contributed by atoms with E-state index in [-0.39, 0.29) is 0 Å². The second-order valence-corrected chi connectivity index (χ2v) is 7.87. The first-order valence-corrected chi connectivity index (χ1v) is 10.6. The number of pyridine rings is 1. The van der Waals surface area contributed by atoms with Gasteiger partial charge in [-0.3, -0.25) is 9.72 Å². The molecule has 4 aromatic rings. The number of hydrogen-bond acceptors (Lipinski definition) is 6. The number of nitrogens with one attached hydrogen (secondary N) is 1. The van der Waals surface area contributed by atoms with E-state index in [9.17, 15) is 9.59 Å². The van der Waals surface area contributed by atoms with Crippen LogP contribution < -0.4 is 5.32 Å². The molecule has 0 unspecified atom stereocenters. The summed E-state index contributed by atoms with van der Waals surface area (Å²) in [5, 5.41) is 6.54. The number of carbonyl (C=O) groups is 2. The highest BCUT2D eigenvalue weighted by Gasteiger charge is 2.17. The Kier molecular flexibility index (Phi) is 5.73. The van der Waals surface area contributed by atoms with Crippen LogP contribution in [0.4, 0.5) is 10.5 Å². The Balaban J connectivity index is 1.93. The van der Waals surface area contributed by atoms with Crippen LogP contribution in [0.3, 0.4) is 0 Å². The molecule has 0 aliphatic rings. The van der Waals surface area contributed by atoms with Crippen molar-refractivity contribution in [2.24, 2.45) is 0 Å². The Morgan fingerprint density at radius 2 is 2.10 bits per heavy atom. The van der Waals surface area contributed by atoms with Gasteiger partial charge >= 0.3 is 12.1 Å². The maximum Gasteiger partial charge on any atom is 0.411 e. The predicted molar refractivity (Wildman–Crippen MR) is 122 cm³/mol. The molecule has 1 N–H and O–H groups in total. The van der Waals surface area contributed by atoms with E-state index in [2.05, 4.69) is 5.32 Å². The number of aromatic nitrogens is 2. The molecule has 0 aliphatic heterocycles. The summed E-state index contributed by atoms with van der Waals surface area (Å²) in [5.74, 6) is -0.407. The van der Waals surface area contributed by atoms with Gasteiger partial charge in [0.05, 0.1) is 25.1 Å². The Bertz CT molecular complexity index is 1320. The summed E-state index contributed by atoms with van der Waals surface area (Å²) in [6, 6.07) is 9.58. The van der Waals surface area contributed by atoms with Crippen LogP contribution in [0, 0.1) is 6.92 Å². The van der Waals surface area contributed by atoms with Gasteiger partial charge in [0.1, 0.15) is 5.65 Å². The lowest BCUT2D eigenvalue weighted by molar-refractivity contribution is -0.137. The number of nitrogens with zero attached hydrogens (tertiary/aromatic N) is 2. The molecule has 0 atom stereocenters. The summed E-state index contributed by atoms with van der Waals surface area (Å²) < 4.78 is 11.7. The van der Waals surface area contributed by atoms with E-state index in [1.54, 1.807) is 24.3 Å². The first-order valence-electron chi connectivity index (χ1n) is 9.71. The molecule has 8 heteroatoms. The fourth-order valence-corrected chi connectivity index (χ4v) is 4.11. The highest BCUT2D eigenvalue weighted by atomic mass is 32.1. The van der Waals surface area contributed by atoms with Crippen molar-refractivity contribution in [3.63, 3.8) is 0 Å². The normalized spacial score (nSPS) is 11.3. The Morgan fingerprint density at radius 1 is 1.26 bits per heavy atom. The van der Waals surface area contributed by atoms with Gasteiger partial charge in [0.25, 0.3) is 0 Å². The minimum absolute atomic E-state index is 0.313. The molecule has 0 spiro atoms. The van der Waals surface area contributed by atoms with Crippen molar-refractivity contribution < 1.29 is 19.1 Å². The number of hydrogen-bond donors (Lipinski definition) is 1. The third-order valence-corrected chi connectivity index (χ3v) is 5.70. The number of carbonyl (C=O) groups excluding carboxylic acids is 2. The second kappa shape index (κ2) is 8.61. The summed E-state index contributed by atoms with van der Waals surface area (Å²) in [6.45, 7) is 4.12. The van der Waals surface area contributed by atoms with Crippen LogP contribution in [0.5, 0.6) is 0 Å². The number of fused-ring (bicyclic) bond motifs is 3. The minimum atomic E-state index is -0.540. The SMILES string of the molecule is CCOC(=O)C=Cc1c(-c2ccsc2C)nc2c3cc(NC(=O)OC)ccc3ccn12. The van der Waals surface area contributed by atoms with Gasteiger partial charge in [-0.05, 0) is 55.0 Å². The lowest BCUT2D eigenvalue weighted by atomic mass is 10.1. The fourth-order valence-electron chi connectivity index (χ4n) is 3.41. The summed E-state index contributed by atoms with van der Waals surface area (Å²) in [4.78, 5) is 29.6. The molecule has 158 valence electrons. The lowest BCUT2D eigenvalue weighted by Crippen LogP contribution is -2.10. The van der Waals surface area contributed by atoms with Crippen LogP contribution in [0.25, 0.3) is 33.8 Å². The molecule has 0 saturated heterocycles. The van der Waals surface area contributed by atoms with Crippen LogP contribution in [-0.4, -0.2) is 35.2 Å². The molecule has 0 aliphatic carbocycles. The number of ether oxygens (including phenoxy) is 2. The van der Waals surface area contributed by atoms with Crippen molar-refractivity contribution >= 4 is 51.6 Å². The number of amides is 1. The number of benzene rings is 1. The fraction of sp³-hybridized carbons (Fsp3) is 0.174. The zero-order valence-electron chi connectivity index (χ0n) is 17.3. The maximum absolute atomic E-state index is 11.9. The highest BCUT2D eigenvalue weighted by Crippen LogP contribution is 2.33. The van der Waals surface area contributed by atoms with Gasteiger partial charge in [0.2, 0.25) is 0 Å². The first-order chi connectivity index (χ1) is 15.0. The molecule has 31 heavy (non-hydrogen) atoms. The molecule has 7 nitrogen and oxygen atoms in total. The number of rotatable bonds is 5. The quantitative estimate of drug-likeness (QED) is 0.341. The Morgan fingerprint density at radius 3 is 2.81 bits per heavy atom. The molecule has 1 aromatic carbocycles. The molecule has 1 amide bonds. The van der Waals surface area contributed by atoms with Gasteiger partial charge in [-0.2, -0.15) is 0 Å². The number of thiophene rings is 1. The van der Waals surface area contributed by atoms with E-state index >= 15 is 0 Å². The van der Waals surface area contributed by atoms with Gasteiger partial charge in [-0.25, -0.2) is 14.6 Å². The third kappa shape index (κ3) is 4.02. The highest BCUT2D eigenvalue weighted by molar-refractivity contribution is 7.10. The Labute approximate surface area is 182 Å². The van der Waals surface area contributed by atoms with Crippen LogP contribution in [0.2, 0.25) is 0 Å². The number of imidazole rings is 1. The Hall–Kier alpha value is -3.65. The number of methoxy groups -OCH3 is 1. The molecule has 0 saturated carbocycles.